The van der Waals surface area contributed by atoms with Gasteiger partial charge in [0.1, 0.15) is 22.9 Å². The van der Waals surface area contributed by atoms with Crippen molar-refractivity contribution in [2.24, 2.45) is 0 Å². The third-order valence-electron chi connectivity index (χ3n) is 3.74. The van der Waals surface area contributed by atoms with E-state index in [0.717, 1.165) is 5.56 Å². The standard InChI is InChI=1S/C19H10F7NO/c1-9-2-3-16(27-8-9)10-4-12(20)17(13(21)5-10)19(25,26)28-11-6-14(22)18(24)15(23)7-11/h2-8H,1H3. The van der Waals surface area contributed by atoms with E-state index in [1.807, 2.05) is 0 Å². The van der Waals surface area contributed by atoms with E-state index in [1.54, 1.807) is 13.0 Å². The van der Waals surface area contributed by atoms with Gasteiger partial charge in [0.2, 0.25) is 0 Å². The molecule has 0 spiro atoms. The van der Waals surface area contributed by atoms with E-state index in [0.29, 0.717) is 12.1 Å². The third-order valence-corrected chi connectivity index (χ3v) is 3.74. The lowest BCUT2D eigenvalue weighted by Crippen LogP contribution is -2.25. The maximum absolute atomic E-state index is 14.3. The van der Waals surface area contributed by atoms with Crippen molar-refractivity contribution in [1.29, 1.82) is 0 Å². The first-order valence-corrected chi connectivity index (χ1v) is 7.72. The second-order valence-corrected chi connectivity index (χ2v) is 5.86. The number of halogens is 7. The Hall–Kier alpha value is -3.10. The maximum Gasteiger partial charge on any atom is 0.432 e. The van der Waals surface area contributed by atoms with Crippen LogP contribution in [0.25, 0.3) is 11.3 Å². The fourth-order valence-corrected chi connectivity index (χ4v) is 2.43. The van der Waals surface area contributed by atoms with Gasteiger partial charge in [-0.15, -0.1) is 0 Å². The molecule has 0 aliphatic rings. The molecular weight excluding hydrogens is 391 g/mol. The Balaban J connectivity index is 1.99. The lowest BCUT2D eigenvalue weighted by Gasteiger charge is -2.20. The molecule has 3 rings (SSSR count). The molecule has 0 bridgehead atoms. The van der Waals surface area contributed by atoms with Gasteiger partial charge >= 0.3 is 6.11 Å². The molecule has 0 saturated carbocycles. The van der Waals surface area contributed by atoms with Crippen LogP contribution in [-0.2, 0) is 6.11 Å². The second kappa shape index (κ2) is 7.14. The summed E-state index contributed by atoms with van der Waals surface area (Å²) < 4.78 is 100. The average molecular weight is 401 g/mol. The second-order valence-electron chi connectivity index (χ2n) is 5.86. The van der Waals surface area contributed by atoms with Gasteiger partial charge in [-0.1, -0.05) is 6.07 Å². The minimum absolute atomic E-state index is 0.103. The minimum Gasteiger partial charge on any atom is -0.429 e. The van der Waals surface area contributed by atoms with E-state index >= 15 is 0 Å². The van der Waals surface area contributed by atoms with Crippen molar-refractivity contribution >= 4 is 0 Å². The van der Waals surface area contributed by atoms with E-state index in [1.165, 1.54) is 12.3 Å². The Kier molecular flexibility index (Phi) is 5.01. The summed E-state index contributed by atoms with van der Waals surface area (Å²) in [6.07, 6.45) is -3.21. The van der Waals surface area contributed by atoms with E-state index < -0.39 is 46.5 Å². The summed E-state index contributed by atoms with van der Waals surface area (Å²) in [7, 11) is 0. The number of aryl methyl sites for hydroxylation is 1. The third kappa shape index (κ3) is 3.78. The van der Waals surface area contributed by atoms with Crippen molar-refractivity contribution in [3.63, 3.8) is 0 Å². The van der Waals surface area contributed by atoms with Crippen molar-refractivity contribution in [2.45, 2.75) is 13.0 Å². The number of nitrogens with zero attached hydrogens (tertiary/aromatic N) is 1. The van der Waals surface area contributed by atoms with E-state index in [9.17, 15) is 30.7 Å². The number of alkyl halides is 2. The first-order chi connectivity index (χ1) is 13.1. The molecule has 0 aliphatic heterocycles. The number of hydrogen-bond acceptors (Lipinski definition) is 2. The van der Waals surface area contributed by atoms with Crippen LogP contribution in [-0.4, -0.2) is 4.98 Å². The zero-order valence-corrected chi connectivity index (χ0v) is 14.0. The van der Waals surface area contributed by atoms with Crippen molar-refractivity contribution in [2.75, 3.05) is 0 Å². The highest BCUT2D eigenvalue weighted by atomic mass is 19.3. The topological polar surface area (TPSA) is 22.1 Å². The summed E-state index contributed by atoms with van der Waals surface area (Å²) in [5.74, 6) is -9.97. The lowest BCUT2D eigenvalue weighted by molar-refractivity contribution is -0.189. The summed E-state index contributed by atoms with van der Waals surface area (Å²) in [6.45, 7) is 1.74. The molecule has 0 unspecified atom stereocenters. The van der Waals surface area contributed by atoms with Gasteiger partial charge in [0.15, 0.2) is 17.5 Å². The highest BCUT2D eigenvalue weighted by molar-refractivity contribution is 5.60. The normalized spacial score (nSPS) is 11.6. The fourth-order valence-electron chi connectivity index (χ4n) is 2.43. The predicted octanol–water partition coefficient (Wildman–Crippen LogP) is 5.88. The quantitative estimate of drug-likeness (QED) is 0.402. The molecule has 0 aliphatic carbocycles. The Labute approximate surface area is 154 Å². The van der Waals surface area contributed by atoms with Crippen LogP contribution in [0.1, 0.15) is 11.1 Å². The smallest absolute Gasteiger partial charge is 0.429 e. The van der Waals surface area contributed by atoms with Crippen molar-refractivity contribution < 1.29 is 35.5 Å². The van der Waals surface area contributed by atoms with Crippen LogP contribution in [0, 0.1) is 36.0 Å². The zero-order chi connectivity index (χ0) is 20.6. The number of ether oxygens (including phenoxy) is 1. The number of aromatic nitrogens is 1. The van der Waals surface area contributed by atoms with Crippen molar-refractivity contribution in [3.8, 4) is 17.0 Å². The number of pyridine rings is 1. The largest absolute Gasteiger partial charge is 0.432 e. The molecule has 9 heteroatoms. The molecule has 0 radical (unpaired) electrons. The van der Waals surface area contributed by atoms with Gasteiger partial charge < -0.3 is 4.74 Å². The molecule has 2 aromatic carbocycles. The summed E-state index contributed by atoms with van der Waals surface area (Å²) in [4.78, 5) is 3.95. The molecule has 28 heavy (non-hydrogen) atoms. The molecule has 1 aromatic heterocycles. The van der Waals surface area contributed by atoms with Crippen LogP contribution < -0.4 is 4.74 Å². The lowest BCUT2D eigenvalue weighted by atomic mass is 10.1. The Morgan fingerprint density at radius 3 is 1.89 bits per heavy atom. The van der Waals surface area contributed by atoms with E-state index in [2.05, 4.69) is 9.72 Å². The molecule has 2 nitrogen and oxygen atoms in total. The zero-order valence-electron chi connectivity index (χ0n) is 14.0. The molecule has 0 saturated heterocycles. The van der Waals surface area contributed by atoms with Crippen LogP contribution in [0.3, 0.4) is 0 Å². The highest BCUT2D eigenvalue weighted by Crippen LogP contribution is 2.37. The van der Waals surface area contributed by atoms with Crippen LogP contribution >= 0.6 is 0 Å². The molecule has 0 fully saturated rings. The van der Waals surface area contributed by atoms with E-state index in [-0.39, 0.29) is 23.4 Å². The Bertz CT molecular complexity index is 989. The van der Waals surface area contributed by atoms with Crippen LogP contribution in [0.5, 0.6) is 5.75 Å². The molecule has 0 atom stereocenters. The molecule has 0 amide bonds. The number of rotatable bonds is 4. The summed E-state index contributed by atoms with van der Waals surface area (Å²) in [6, 6.07) is 4.57. The molecule has 1 heterocycles. The highest BCUT2D eigenvalue weighted by Gasteiger charge is 2.41. The SMILES string of the molecule is Cc1ccc(-c2cc(F)c(C(F)(F)Oc3cc(F)c(F)c(F)c3)c(F)c2)nc1. The average Bonchev–Trinajstić information content (AvgIpc) is 2.59. The van der Waals surface area contributed by atoms with Gasteiger partial charge in [-0.05, 0) is 30.7 Å². The monoisotopic (exact) mass is 401 g/mol. The molecule has 146 valence electrons. The van der Waals surface area contributed by atoms with Gasteiger partial charge in [0.25, 0.3) is 0 Å². The molecular formula is C19H10F7NO. The Morgan fingerprint density at radius 2 is 1.39 bits per heavy atom. The van der Waals surface area contributed by atoms with E-state index in [4.69, 9.17) is 0 Å². The first kappa shape index (κ1) is 19.7. The van der Waals surface area contributed by atoms with Gasteiger partial charge in [0, 0.05) is 23.9 Å². The summed E-state index contributed by atoms with van der Waals surface area (Å²) >= 11 is 0. The number of benzene rings is 2. The van der Waals surface area contributed by atoms with Crippen LogP contribution in [0.15, 0.2) is 42.6 Å². The van der Waals surface area contributed by atoms with Crippen molar-refractivity contribution in [3.05, 3.63) is 82.8 Å². The van der Waals surface area contributed by atoms with Crippen LogP contribution in [0.2, 0.25) is 0 Å². The molecule has 3 aromatic rings. The fraction of sp³-hybridized carbons (Fsp3) is 0.105. The molecule has 0 N–H and O–H groups in total. The van der Waals surface area contributed by atoms with Gasteiger partial charge in [-0.3, -0.25) is 4.98 Å². The number of hydrogen-bond donors (Lipinski definition) is 0. The van der Waals surface area contributed by atoms with Crippen LogP contribution in [0.4, 0.5) is 30.7 Å². The Morgan fingerprint density at radius 1 is 0.821 bits per heavy atom. The van der Waals surface area contributed by atoms with Crippen molar-refractivity contribution in [1.82, 2.24) is 4.98 Å². The van der Waals surface area contributed by atoms with Gasteiger partial charge in [0.05, 0.1) is 5.69 Å². The summed E-state index contributed by atoms with van der Waals surface area (Å²) in [5.41, 5.74) is -0.955. The predicted molar refractivity (Wildman–Crippen MR) is 85.2 cm³/mol. The van der Waals surface area contributed by atoms with Gasteiger partial charge in [-0.25, -0.2) is 22.0 Å². The van der Waals surface area contributed by atoms with Gasteiger partial charge in [-0.2, -0.15) is 8.78 Å². The summed E-state index contributed by atoms with van der Waals surface area (Å²) in [5, 5.41) is 0. The first-order valence-electron chi connectivity index (χ1n) is 7.72. The maximum atomic E-state index is 14.3. The minimum atomic E-state index is -4.63.